The first-order valence-corrected chi connectivity index (χ1v) is 12.5. The molecule has 3 N–H and O–H groups in total. The lowest BCUT2D eigenvalue weighted by molar-refractivity contribution is -0.137. The normalized spacial score (nSPS) is 12.0. The molecule has 4 aromatic rings. The Morgan fingerprint density at radius 1 is 1.05 bits per heavy atom. The van der Waals surface area contributed by atoms with E-state index in [0.29, 0.717) is 27.1 Å². The highest BCUT2D eigenvalue weighted by Crippen LogP contribution is 2.28. The van der Waals surface area contributed by atoms with Crippen molar-refractivity contribution in [3.63, 3.8) is 0 Å². The Bertz CT molecular complexity index is 1570. The summed E-state index contributed by atoms with van der Waals surface area (Å²) in [5, 5.41) is 16.3. The van der Waals surface area contributed by atoms with Gasteiger partial charge in [0.2, 0.25) is 11.8 Å². The number of rotatable bonds is 10. The molecule has 0 bridgehead atoms. The van der Waals surface area contributed by atoms with Gasteiger partial charge in [-0.25, -0.2) is 4.79 Å². The van der Waals surface area contributed by atoms with Crippen LogP contribution in [-0.2, 0) is 27.2 Å². The molecule has 9 nitrogen and oxygen atoms in total. The second-order valence-corrected chi connectivity index (χ2v) is 9.61. The largest absolute Gasteiger partial charge is 0.481 e. The van der Waals surface area contributed by atoms with E-state index in [9.17, 15) is 19.2 Å². The highest BCUT2D eigenvalue weighted by Gasteiger charge is 2.23. The highest BCUT2D eigenvalue weighted by molar-refractivity contribution is 6.30. The summed E-state index contributed by atoms with van der Waals surface area (Å²) >= 11 is 5.96. The SMILES string of the molecule is Cc1coc2cc3oc(=O)c(CC(=O)N[C@@H](Cc4ccc(Cl)cc4)C(=O)NCCCC(=O)O)c(C)c3cc12. The average Bonchev–Trinajstić information content (AvgIpc) is 3.23. The zero-order chi connectivity index (χ0) is 27.4. The summed E-state index contributed by atoms with van der Waals surface area (Å²) in [6.45, 7) is 3.81. The number of carboxylic acid groups (broad SMARTS) is 1. The van der Waals surface area contributed by atoms with E-state index in [-0.39, 0.29) is 37.8 Å². The number of halogens is 1. The van der Waals surface area contributed by atoms with Gasteiger partial charge in [-0.05, 0) is 55.2 Å². The number of furan rings is 1. The van der Waals surface area contributed by atoms with Crippen LogP contribution in [0.15, 0.2) is 56.3 Å². The molecule has 0 aliphatic rings. The van der Waals surface area contributed by atoms with E-state index in [4.69, 9.17) is 25.5 Å². The van der Waals surface area contributed by atoms with Crippen LogP contribution in [0.4, 0.5) is 0 Å². The summed E-state index contributed by atoms with van der Waals surface area (Å²) < 4.78 is 11.0. The fourth-order valence-electron chi connectivity index (χ4n) is 4.29. The van der Waals surface area contributed by atoms with Gasteiger partial charge in [-0.3, -0.25) is 14.4 Å². The first kappa shape index (κ1) is 26.9. The fraction of sp³-hybridized carbons (Fsp3) is 0.286. The van der Waals surface area contributed by atoms with Crippen molar-refractivity contribution in [1.82, 2.24) is 10.6 Å². The molecule has 0 aliphatic heterocycles. The van der Waals surface area contributed by atoms with Crippen LogP contribution in [0, 0.1) is 13.8 Å². The summed E-state index contributed by atoms with van der Waals surface area (Å²) in [5.41, 5.74) is 2.83. The number of hydrogen-bond donors (Lipinski definition) is 3. The van der Waals surface area contributed by atoms with Gasteiger partial charge in [0, 0.05) is 41.2 Å². The van der Waals surface area contributed by atoms with E-state index in [0.717, 1.165) is 16.5 Å². The number of benzene rings is 2. The fourth-order valence-corrected chi connectivity index (χ4v) is 4.41. The standard InChI is InChI=1S/C28H27ClN2O7/c1-15-14-37-23-13-24-20(11-19(15)23)16(2)21(28(36)38-24)12-25(32)31-22(10-17-5-7-18(29)8-6-17)27(35)30-9-3-4-26(33)34/h5-8,11,13-14,22H,3-4,9-10,12H2,1-2H3,(H,30,35)(H,31,32)(H,33,34)/t22-/m0/s1. The molecule has 0 fully saturated rings. The minimum atomic E-state index is -0.960. The molecule has 2 heterocycles. The van der Waals surface area contributed by atoms with Crippen molar-refractivity contribution in [1.29, 1.82) is 0 Å². The van der Waals surface area contributed by atoms with Crippen LogP contribution in [0.2, 0.25) is 5.02 Å². The number of hydrogen-bond acceptors (Lipinski definition) is 6. The van der Waals surface area contributed by atoms with Crippen LogP contribution < -0.4 is 16.3 Å². The summed E-state index contributed by atoms with van der Waals surface area (Å²) in [7, 11) is 0. The van der Waals surface area contributed by atoms with Crippen LogP contribution in [0.25, 0.3) is 21.9 Å². The number of aryl methyl sites for hydroxylation is 2. The topological polar surface area (TPSA) is 139 Å². The predicted molar refractivity (Wildman–Crippen MR) is 142 cm³/mol. The van der Waals surface area contributed by atoms with Crippen molar-refractivity contribution < 1.29 is 28.3 Å². The van der Waals surface area contributed by atoms with Gasteiger partial charge in [0.1, 0.15) is 17.2 Å². The van der Waals surface area contributed by atoms with Gasteiger partial charge in [-0.15, -0.1) is 0 Å². The molecule has 0 unspecified atom stereocenters. The van der Waals surface area contributed by atoms with Gasteiger partial charge in [0.15, 0.2) is 0 Å². The van der Waals surface area contributed by atoms with E-state index in [1.807, 2.05) is 13.0 Å². The summed E-state index contributed by atoms with van der Waals surface area (Å²) in [6, 6.07) is 9.45. The summed E-state index contributed by atoms with van der Waals surface area (Å²) in [6.07, 6.45) is 1.69. The molecule has 0 saturated heterocycles. The van der Waals surface area contributed by atoms with Crippen LogP contribution in [-0.4, -0.2) is 35.5 Å². The Kier molecular flexibility index (Phi) is 8.16. The Morgan fingerprint density at radius 2 is 1.79 bits per heavy atom. The number of carbonyl (C=O) groups is 3. The second kappa shape index (κ2) is 11.5. The number of aliphatic carboxylic acids is 1. The molecule has 4 rings (SSSR count). The maximum absolute atomic E-state index is 13.1. The first-order valence-electron chi connectivity index (χ1n) is 12.1. The molecule has 0 spiro atoms. The van der Waals surface area contributed by atoms with E-state index in [2.05, 4.69) is 10.6 Å². The molecule has 10 heteroatoms. The van der Waals surface area contributed by atoms with Gasteiger partial charge in [-0.2, -0.15) is 0 Å². The molecule has 1 atom stereocenters. The third-order valence-electron chi connectivity index (χ3n) is 6.38. The smallest absolute Gasteiger partial charge is 0.340 e. The quantitative estimate of drug-likeness (QED) is 0.204. The summed E-state index contributed by atoms with van der Waals surface area (Å²) in [5.74, 6) is -1.95. The van der Waals surface area contributed by atoms with Crippen LogP contribution in [0.3, 0.4) is 0 Å². The van der Waals surface area contributed by atoms with Crippen molar-refractivity contribution in [2.45, 2.75) is 45.6 Å². The Hall–Kier alpha value is -4.11. The Morgan fingerprint density at radius 3 is 2.50 bits per heavy atom. The highest BCUT2D eigenvalue weighted by atomic mass is 35.5. The van der Waals surface area contributed by atoms with Crippen LogP contribution in [0.5, 0.6) is 0 Å². The molecule has 38 heavy (non-hydrogen) atoms. The number of nitrogens with one attached hydrogen (secondary N) is 2. The lowest BCUT2D eigenvalue weighted by atomic mass is 10.0. The van der Waals surface area contributed by atoms with E-state index in [1.54, 1.807) is 43.5 Å². The molecule has 0 saturated carbocycles. The van der Waals surface area contributed by atoms with Gasteiger partial charge < -0.3 is 24.6 Å². The summed E-state index contributed by atoms with van der Waals surface area (Å²) in [4.78, 5) is 49.5. The lowest BCUT2D eigenvalue weighted by Gasteiger charge is -2.19. The first-order chi connectivity index (χ1) is 18.1. The van der Waals surface area contributed by atoms with Gasteiger partial charge in [-0.1, -0.05) is 23.7 Å². The molecule has 0 aliphatic carbocycles. The number of fused-ring (bicyclic) bond motifs is 2. The van der Waals surface area contributed by atoms with Crippen molar-refractivity contribution >= 4 is 51.3 Å². The molecular weight excluding hydrogens is 512 g/mol. The monoisotopic (exact) mass is 538 g/mol. The van der Waals surface area contributed by atoms with Crippen molar-refractivity contribution in [3.8, 4) is 0 Å². The maximum Gasteiger partial charge on any atom is 0.340 e. The Labute approximate surface area is 222 Å². The minimum Gasteiger partial charge on any atom is -0.481 e. The van der Waals surface area contributed by atoms with Crippen molar-refractivity contribution in [3.05, 3.63) is 80.4 Å². The number of carboxylic acids is 1. The van der Waals surface area contributed by atoms with E-state index in [1.165, 1.54) is 0 Å². The third-order valence-corrected chi connectivity index (χ3v) is 6.64. The van der Waals surface area contributed by atoms with E-state index >= 15 is 0 Å². The van der Waals surface area contributed by atoms with Gasteiger partial charge >= 0.3 is 11.6 Å². The van der Waals surface area contributed by atoms with Crippen LogP contribution >= 0.6 is 11.6 Å². The Balaban J connectivity index is 1.54. The minimum absolute atomic E-state index is 0.0871. The third kappa shape index (κ3) is 6.23. The lowest BCUT2D eigenvalue weighted by Crippen LogP contribution is -2.49. The van der Waals surface area contributed by atoms with Gasteiger partial charge in [0.25, 0.3) is 0 Å². The molecule has 0 radical (unpaired) electrons. The molecule has 2 amide bonds. The zero-order valence-corrected chi connectivity index (χ0v) is 21.7. The van der Waals surface area contributed by atoms with Crippen molar-refractivity contribution in [2.75, 3.05) is 6.54 Å². The van der Waals surface area contributed by atoms with Crippen molar-refractivity contribution in [2.24, 2.45) is 0 Å². The number of amides is 2. The van der Waals surface area contributed by atoms with Crippen LogP contribution in [0.1, 0.15) is 35.1 Å². The zero-order valence-electron chi connectivity index (χ0n) is 20.9. The second-order valence-electron chi connectivity index (χ2n) is 9.17. The molecule has 2 aromatic heterocycles. The predicted octanol–water partition coefficient (Wildman–Crippen LogP) is 4.06. The van der Waals surface area contributed by atoms with Gasteiger partial charge in [0.05, 0.1) is 18.2 Å². The van der Waals surface area contributed by atoms with E-state index < -0.39 is 29.5 Å². The average molecular weight is 539 g/mol. The molecular formula is C28H27ClN2O7. The molecule has 2 aromatic carbocycles. The number of carbonyl (C=O) groups excluding carboxylic acids is 2. The molecule has 198 valence electrons. The maximum atomic E-state index is 13.1.